The van der Waals surface area contributed by atoms with Crippen molar-refractivity contribution < 1.29 is 9.47 Å². The Labute approximate surface area is 129 Å². The van der Waals surface area contributed by atoms with Crippen LogP contribution in [0.4, 0.5) is 0 Å². The fourth-order valence-electron chi connectivity index (χ4n) is 2.63. The van der Waals surface area contributed by atoms with Crippen LogP contribution in [0, 0.1) is 5.92 Å². The van der Waals surface area contributed by atoms with Crippen molar-refractivity contribution in [2.45, 2.75) is 19.4 Å². The van der Waals surface area contributed by atoms with Crippen molar-refractivity contribution >= 4 is 15.9 Å². The Bertz CT molecular complexity index is 434. The van der Waals surface area contributed by atoms with Crippen molar-refractivity contribution in [2.75, 3.05) is 33.9 Å². The third-order valence-corrected chi connectivity index (χ3v) is 4.19. The topological polar surface area (TPSA) is 42.5 Å². The zero-order valence-electron chi connectivity index (χ0n) is 12.2. The number of rotatable bonds is 6. The lowest BCUT2D eigenvalue weighted by Crippen LogP contribution is -2.33. The molecule has 0 amide bonds. The van der Waals surface area contributed by atoms with Crippen molar-refractivity contribution in [1.82, 2.24) is 10.6 Å². The molecule has 2 N–H and O–H groups in total. The molecule has 0 bridgehead atoms. The maximum Gasteiger partial charge on any atom is 0.165 e. The quantitative estimate of drug-likeness (QED) is 0.833. The van der Waals surface area contributed by atoms with Crippen molar-refractivity contribution in [3.05, 3.63) is 22.2 Å². The zero-order valence-corrected chi connectivity index (χ0v) is 13.8. The number of methoxy groups -OCH3 is 2. The van der Waals surface area contributed by atoms with Crippen LogP contribution in [0.25, 0.3) is 0 Å². The summed E-state index contributed by atoms with van der Waals surface area (Å²) in [5, 5.41) is 6.93. The molecule has 1 fully saturated rings. The second-order valence-electron chi connectivity index (χ2n) is 5.12. The predicted octanol–water partition coefficient (Wildman–Crippen LogP) is 2.56. The molecule has 0 unspecified atom stereocenters. The monoisotopic (exact) mass is 342 g/mol. The highest BCUT2D eigenvalue weighted by Crippen LogP contribution is 2.34. The minimum Gasteiger partial charge on any atom is -0.493 e. The molecule has 5 heteroatoms. The van der Waals surface area contributed by atoms with Gasteiger partial charge in [0, 0.05) is 16.6 Å². The molecule has 2 rings (SSSR count). The van der Waals surface area contributed by atoms with E-state index < -0.39 is 0 Å². The highest BCUT2D eigenvalue weighted by Gasteiger charge is 2.14. The number of benzene rings is 1. The minimum absolute atomic E-state index is 0.764. The molecule has 1 heterocycles. The summed E-state index contributed by atoms with van der Waals surface area (Å²) in [6.07, 6.45) is 2.51. The molecular formula is C15H23BrN2O2. The van der Waals surface area contributed by atoms with Gasteiger partial charge in [-0.25, -0.2) is 0 Å². The van der Waals surface area contributed by atoms with Gasteiger partial charge < -0.3 is 20.1 Å². The third-order valence-electron chi connectivity index (χ3n) is 3.73. The van der Waals surface area contributed by atoms with Crippen molar-refractivity contribution in [3.8, 4) is 11.5 Å². The van der Waals surface area contributed by atoms with E-state index in [1.807, 2.05) is 6.07 Å². The fourth-order valence-corrected chi connectivity index (χ4v) is 3.12. The molecule has 1 aromatic rings. The van der Waals surface area contributed by atoms with Crippen molar-refractivity contribution in [1.29, 1.82) is 0 Å². The van der Waals surface area contributed by atoms with Crippen LogP contribution in [0.1, 0.15) is 18.4 Å². The van der Waals surface area contributed by atoms with Gasteiger partial charge in [0.1, 0.15) is 0 Å². The smallest absolute Gasteiger partial charge is 0.165 e. The lowest BCUT2D eigenvalue weighted by molar-refractivity contribution is 0.343. The van der Waals surface area contributed by atoms with Gasteiger partial charge in [-0.2, -0.15) is 0 Å². The molecule has 1 aromatic carbocycles. The largest absolute Gasteiger partial charge is 0.493 e. The summed E-state index contributed by atoms with van der Waals surface area (Å²) in [4.78, 5) is 0. The van der Waals surface area contributed by atoms with Gasteiger partial charge in [0.2, 0.25) is 0 Å². The molecule has 0 spiro atoms. The normalized spacial score (nSPS) is 16.1. The van der Waals surface area contributed by atoms with Gasteiger partial charge >= 0.3 is 0 Å². The SMILES string of the molecule is COc1cc(Br)cc(CNCC2CCNCC2)c1OC. The Kier molecular flexibility index (Phi) is 6.13. The van der Waals surface area contributed by atoms with E-state index in [1.165, 1.54) is 12.8 Å². The Hall–Kier alpha value is -0.780. The first-order valence-corrected chi connectivity index (χ1v) is 7.85. The van der Waals surface area contributed by atoms with E-state index in [1.54, 1.807) is 14.2 Å². The number of hydrogen-bond donors (Lipinski definition) is 2. The molecule has 0 radical (unpaired) electrons. The number of hydrogen-bond acceptors (Lipinski definition) is 4. The molecule has 0 atom stereocenters. The molecule has 1 aliphatic heterocycles. The molecule has 0 saturated carbocycles. The van der Waals surface area contributed by atoms with Gasteiger partial charge in [0.25, 0.3) is 0 Å². The lowest BCUT2D eigenvalue weighted by atomic mass is 9.98. The van der Waals surface area contributed by atoms with Crippen molar-refractivity contribution in [3.63, 3.8) is 0 Å². The van der Waals surface area contributed by atoms with Crippen LogP contribution in [-0.2, 0) is 6.54 Å². The van der Waals surface area contributed by atoms with Crippen LogP contribution in [-0.4, -0.2) is 33.9 Å². The van der Waals surface area contributed by atoms with E-state index in [9.17, 15) is 0 Å². The summed E-state index contributed by atoms with van der Waals surface area (Å²) in [6.45, 7) is 4.13. The van der Waals surface area contributed by atoms with Gasteiger partial charge in [-0.3, -0.25) is 0 Å². The number of nitrogens with one attached hydrogen (secondary N) is 2. The molecule has 0 aromatic heterocycles. The van der Waals surface area contributed by atoms with E-state index in [0.29, 0.717) is 0 Å². The first-order valence-electron chi connectivity index (χ1n) is 7.06. The third kappa shape index (κ3) is 4.11. The molecular weight excluding hydrogens is 320 g/mol. The zero-order chi connectivity index (χ0) is 14.4. The molecule has 0 aliphatic carbocycles. The van der Waals surface area contributed by atoms with Gasteiger partial charge in [0.05, 0.1) is 14.2 Å². The predicted molar refractivity (Wildman–Crippen MR) is 84.5 cm³/mol. The van der Waals surface area contributed by atoms with E-state index in [2.05, 4.69) is 32.6 Å². The van der Waals surface area contributed by atoms with Gasteiger partial charge in [0.15, 0.2) is 11.5 Å². The standard InChI is InChI=1S/C15H23BrN2O2/c1-19-14-8-13(16)7-12(15(14)20-2)10-18-9-11-3-5-17-6-4-11/h7-8,11,17-18H,3-6,9-10H2,1-2H3. The molecule has 1 aliphatic rings. The fraction of sp³-hybridized carbons (Fsp3) is 0.600. The Morgan fingerprint density at radius 3 is 2.65 bits per heavy atom. The van der Waals surface area contributed by atoms with Crippen molar-refractivity contribution in [2.24, 2.45) is 5.92 Å². The summed E-state index contributed by atoms with van der Waals surface area (Å²) in [6, 6.07) is 4.01. The molecule has 112 valence electrons. The second kappa shape index (κ2) is 7.86. The number of piperidine rings is 1. The molecule has 4 nitrogen and oxygen atoms in total. The van der Waals surface area contributed by atoms with Crippen LogP contribution in [0.15, 0.2) is 16.6 Å². The summed E-state index contributed by atoms with van der Waals surface area (Å²) in [5.41, 5.74) is 1.12. The van der Waals surface area contributed by atoms with Crippen LogP contribution in [0.2, 0.25) is 0 Å². The Morgan fingerprint density at radius 1 is 1.25 bits per heavy atom. The van der Waals surface area contributed by atoms with Crippen LogP contribution >= 0.6 is 15.9 Å². The maximum absolute atomic E-state index is 5.47. The highest BCUT2D eigenvalue weighted by atomic mass is 79.9. The molecule has 1 saturated heterocycles. The highest BCUT2D eigenvalue weighted by molar-refractivity contribution is 9.10. The Balaban J connectivity index is 1.95. The van der Waals surface area contributed by atoms with Gasteiger partial charge in [-0.05, 0) is 50.5 Å². The second-order valence-corrected chi connectivity index (χ2v) is 6.04. The average molecular weight is 343 g/mol. The molecule has 20 heavy (non-hydrogen) atoms. The summed E-state index contributed by atoms with van der Waals surface area (Å²) < 4.78 is 11.8. The van der Waals surface area contributed by atoms with Gasteiger partial charge in [-0.15, -0.1) is 0 Å². The summed E-state index contributed by atoms with van der Waals surface area (Å²) in [5.74, 6) is 2.35. The van der Waals surface area contributed by atoms with E-state index in [0.717, 1.165) is 53.6 Å². The first-order chi connectivity index (χ1) is 9.74. The maximum atomic E-state index is 5.47. The Morgan fingerprint density at radius 2 is 2.00 bits per heavy atom. The number of ether oxygens (including phenoxy) is 2. The number of halogens is 1. The summed E-state index contributed by atoms with van der Waals surface area (Å²) >= 11 is 3.51. The average Bonchev–Trinajstić information content (AvgIpc) is 2.47. The minimum atomic E-state index is 0.764. The van der Waals surface area contributed by atoms with E-state index in [4.69, 9.17) is 9.47 Å². The summed E-state index contributed by atoms with van der Waals surface area (Å²) in [7, 11) is 3.35. The van der Waals surface area contributed by atoms with E-state index >= 15 is 0 Å². The van der Waals surface area contributed by atoms with Crippen LogP contribution < -0.4 is 20.1 Å². The van der Waals surface area contributed by atoms with Crippen LogP contribution in [0.3, 0.4) is 0 Å². The van der Waals surface area contributed by atoms with Gasteiger partial charge in [-0.1, -0.05) is 15.9 Å². The van der Waals surface area contributed by atoms with E-state index in [-0.39, 0.29) is 0 Å². The van der Waals surface area contributed by atoms with Crippen LogP contribution in [0.5, 0.6) is 11.5 Å². The first kappa shape index (κ1) is 15.6. The lowest BCUT2D eigenvalue weighted by Gasteiger charge is -2.23.